The molecule has 1 aromatic rings. The molecule has 1 aliphatic heterocycles. The number of hydrogen-bond donors (Lipinski definition) is 1. The molecule has 114 valence electrons. The van der Waals surface area contributed by atoms with Gasteiger partial charge in [-0.1, -0.05) is 0 Å². The number of aliphatic hydroxyl groups excluding tert-OH is 1. The van der Waals surface area contributed by atoms with Crippen molar-refractivity contribution in [1.29, 1.82) is 0 Å². The number of aryl methyl sites for hydroxylation is 1. The topological polar surface area (TPSA) is 78.7 Å². The summed E-state index contributed by atoms with van der Waals surface area (Å²) in [6.45, 7) is 1.68. The average molecular weight is 302 g/mol. The number of rotatable bonds is 5. The summed E-state index contributed by atoms with van der Waals surface area (Å²) >= 11 is 0. The molecule has 0 amide bonds. The van der Waals surface area contributed by atoms with Gasteiger partial charge in [-0.2, -0.15) is 0 Å². The first kappa shape index (κ1) is 15.4. The Morgan fingerprint density at radius 3 is 2.70 bits per heavy atom. The molecule has 0 radical (unpaired) electrons. The molecule has 0 bridgehead atoms. The van der Waals surface area contributed by atoms with E-state index < -0.39 is 16.1 Å². The van der Waals surface area contributed by atoms with Crippen LogP contribution in [0.1, 0.15) is 5.82 Å². The van der Waals surface area contributed by atoms with Crippen molar-refractivity contribution >= 4 is 10.0 Å². The lowest BCUT2D eigenvalue weighted by Gasteiger charge is -2.17. The van der Waals surface area contributed by atoms with Crippen LogP contribution >= 0.6 is 0 Å². The molecule has 2 rings (SSSR count). The minimum Gasteiger partial charge on any atom is -0.391 e. The number of sulfonamides is 1. The number of aliphatic hydroxyl groups is 1. The number of β-amino-alcohol motifs (C(OH)–C–C–N with tert-alkyl or cyclic N) is 1. The second-order valence-corrected chi connectivity index (χ2v) is 7.76. The van der Waals surface area contributed by atoms with Gasteiger partial charge in [0.15, 0.2) is 0 Å². The van der Waals surface area contributed by atoms with Crippen molar-refractivity contribution in [3.05, 3.63) is 18.2 Å². The largest absolute Gasteiger partial charge is 0.391 e. The van der Waals surface area contributed by atoms with Gasteiger partial charge in [0.25, 0.3) is 0 Å². The summed E-state index contributed by atoms with van der Waals surface area (Å²) < 4.78 is 26.9. The molecule has 20 heavy (non-hydrogen) atoms. The van der Waals surface area contributed by atoms with Gasteiger partial charge in [0.05, 0.1) is 18.4 Å². The Labute approximate surface area is 119 Å². The molecule has 0 saturated carbocycles. The summed E-state index contributed by atoms with van der Waals surface area (Å²) in [5.74, 6) is 0.647. The summed E-state index contributed by atoms with van der Waals surface area (Å²) in [4.78, 5) is 6.29. The molecular weight excluding hydrogens is 280 g/mol. The van der Waals surface area contributed by atoms with Crippen LogP contribution in [0.4, 0.5) is 0 Å². The minimum absolute atomic E-state index is 0.0156. The third-order valence-electron chi connectivity index (χ3n) is 3.75. The van der Waals surface area contributed by atoms with Gasteiger partial charge in [0, 0.05) is 52.5 Å². The number of aromatic nitrogens is 2. The molecule has 0 unspecified atom stereocenters. The third-order valence-corrected chi connectivity index (χ3v) is 5.71. The van der Waals surface area contributed by atoms with Crippen LogP contribution in [0, 0.1) is 5.92 Å². The number of likely N-dealkylation sites (tertiary alicyclic amines) is 1. The van der Waals surface area contributed by atoms with Gasteiger partial charge in [0.2, 0.25) is 10.0 Å². The lowest BCUT2D eigenvalue weighted by molar-refractivity contribution is 0.147. The Balaban J connectivity index is 1.97. The molecule has 0 aromatic carbocycles. The molecule has 0 aliphatic carbocycles. The van der Waals surface area contributed by atoms with Crippen LogP contribution in [0.15, 0.2) is 12.4 Å². The SMILES string of the molecule is CN(C)S(=O)(=O)C[C@@H]1CN(Cc2nccn2C)C[C@@H]1O. The number of hydrogen-bond acceptors (Lipinski definition) is 5. The van der Waals surface area contributed by atoms with Crippen molar-refractivity contribution in [3.8, 4) is 0 Å². The van der Waals surface area contributed by atoms with Crippen LogP contribution in [-0.2, 0) is 23.6 Å². The minimum atomic E-state index is -3.28. The van der Waals surface area contributed by atoms with Crippen molar-refractivity contribution in [1.82, 2.24) is 18.8 Å². The van der Waals surface area contributed by atoms with E-state index in [1.807, 2.05) is 22.7 Å². The quantitative estimate of drug-likeness (QED) is 0.763. The Kier molecular flexibility index (Phi) is 4.48. The highest BCUT2D eigenvalue weighted by Crippen LogP contribution is 2.21. The normalized spacial score (nSPS) is 24.6. The van der Waals surface area contributed by atoms with E-state index >= 15 is 0 Å². The van der Waals surface area contributed by atoms with Gasteiger partial charge in [-0.25, -0.2) is 17.7 Å². The third kappa shape index (κ3) is 3.38. The van der Waals surface area contributed by atoms with E-state index in [4.69, 9.17) is 0 Å². The van der Waals surface area contributed by atoms with Gasteiger partial charge in [0.1, 0.15) is 5.82 Å². The van der Waals surface area contributed by atoms with Gasteiger partial charge in [-0.15, -0.1) is 0 Å². The molecule has 2 atom stereocenters. The first-order valence-corrected chi connectivity index (χ1v) is 8.17. The second-order valence-electron chi connectivity index (χ2n) is 5.54. The Bertz CT molecular complexity index is 555. The van der Waals surface area contributed by atoms with Crippen LogP contribution in [0.2, 0.25) is 0 Å². The summed E-state index contributed by atoms with van der Waals surface area (Å²) in [5, 5.41) is 10.1. The molecule has 7 nitrogen and oxygen atoms in total. The maximum absolute atomic E-state index is 11.9. The predicted octanol–water partition coefficient (Wildman–Crippen LogP) is -0.896. The summed E-state index contributed by atoms with van der Waals surface area (Å²) in [7, 11) is 1.67. The highest BCUT2D eigenvalue weighted by Gasteiger charge is 2.35. The molecule has 0 spiro atoms. The summed E-state index contributed by atoms with van der Waals surface area (Å²) in [5.41, 5.74) is 0. The zero-order valence-corrected chi connectivity index (χ0v) is 12.9. The maximum Gasteiger partial charge on any atom is 0.214 e. The highest BCUT2D eigenvalue weighted by atomic mass is 32.2. The monoisotopic (exact) mass is 302 g/mol. The van der Waals surface area contributed by atoms with Crippen LogP contribution in [0.25, 0.3) is 0 Å². The first-order chi connectivity index (χ1) is 9.29. The van der Waals surface area contributed by atoms with E-state index in [0.29, 0.717) is 19.6 Å². The molecule has 1 fully saturated rings. The molecule has 8 heteroatoms. The van der Waals surface area contributed by atoms with Crippen LogP contribution in [0.3, 0.4) is 0 Å². The smallest absolute Gasteiger partial charge is 0.214 e. The lowest BCUT2D eigenvalue weighted by atomic mass is 10.1. The van der Waals surface area contributed by atoms with Crippen molar-refractivity contribution in [2.45, 2.75) is 12.6 Å². The summed E-state index contributed by atoms with van der Waals surface area (Å²) in [6.07, 6.45) is 3.00. The molecule has 2 heterocycles. The fraction of sp³-hybridized carbons (Fsp3) is 0.750. The Hall–Kier alpha value is -0.960. The van der Waals surface area contributed by atoms with E-state index in [0.717, 1.165) is 5.82 Å². The molecule has 1 saturated heterocycles. The molecule has 1 aromatic heterocycles. The van der Waals surface area contributed by atoms with Gasteiger partial charge in [-0.3, -0.25) is 4.90 Å². The fourth-order valence-electron chi connectivity index (χ4n) is 2.40. The standard InChI is InChI=1S/C12H22N4O3S/c1-14(2)20(18,19)9-10-6-16(7-11(10)17)8-12-13-4-5-15(12)3/h4-5,10-11,17H,6-9H2,1-3H3/t10-,11-/m0/s1. The zero-order chi connectivity index (χ0) is 14.9. The molecular formula is C12H22N4O3S. The van der Waals surface area contributed by atoms with Crippen molar-refractivity contribution in [2.75, 3.05) is 32.9 Å². The van der Waals surface area contributed by atoms with Gasteiger partial charge >= 0.3 is 0 Å². The lowest BCUT2D eigenvalue weighted by Crippen LogP contribution is -2.33. The van der Waals surface area contributed by atoms with E-state index in [-0.39, 0.29) is 11.7 Å². The summed E-state index contributed by atoms with van der Waals surface area (Å²) in [6, 6.07) is 0. The second kappa shape index (κ2) is 5.80. The number of nitrogens with zero attached hydrogens (tertiary/aromatic N) is 4. The van der Waals surface area contributed by atoms with Crippen molar-refractivity contribution in [2.24, 2.45) is 13.0 Å². The fourth-order valence-corrected chi connectivity index (χ4v) is 3.57. The molecule has 1 N–H and O–H groups in total. The van der Waals surface area contributed by atoms with E-state index in [1.165, 1.54) is 18.4 Å². The van der Waals surface area contributed by atoms with Gasteiger partial charge in [-0.05, 0) is 0 Å². The first-order valence-electron chi connectivity index (χ1n) is 6.56. The van der Waals surface area contributed by atoms with E-state index in [2.05, 4.69) is 4.98 Å². The Morgan fingerprint density at radius 2 is 2.15 bits per heavy atom. The molecule has 1 aliphatic rings. The van der Waals surface area contributed by atoms with E-state index in [9.17, 15) is 13.5 Å². The van der Waals surface area contributed by atoms with E-state index in [1.54, 1.807) is 6.20 Å². The zero-order valence-electron chi connectivity index (χ0n) is 12.1. The van der Waals surface area contributed by atoms with Crippen LogP contribution in [-0.4, -0.2) is 71.3 Å². The highest BCUT2D eigenvalue weighted by molar-refractivity contribution is 7.89. The Morgan fingerprint density at radius 1 is 1.45 bits per heavy atom. The maximum atomic E-state index is 11.9. The predicted molar refractivity (Wildman–Crippen MR) is 75.5 cm³/mol. The average Bonchev–Trinajstić information content (AvgIpc) is 2.87. The van der Waals surface area contributed by atoms with Crippen LogP contribution in [0.5, 0.6) is 0 Å². The van der Waals surface area contributed by atoms with Crippen molar-refractivity contribution < 1.29 is 13.5 Å². The number of imidazole rings is 1. The van der Waals surface area contributed by atoms with Crippen molar-refractivity contribution in [3.63, 3.8) is 0 Å². The van der Waals surface area contributed by atoms with Crippen LogP contribution < -0.4 is 0 Å². The van der Waals surface area contributed by atoms with Gasteiger partial charge < -0.3 is 9.67 Å².